The quantitative estimate of drug-likeness (QED) is 0.378. The lowest BCUT2D eigenvalue weighted by Gasteiger charge is -2.09. The van der Waals surface area contributed by atoms with Gasteiger partial charge in [0.2, 0.25) is 0 Å². The molecular weight excluding hydrogens is 346 g/mol. The summed E-state index contributed by atoms with van der Waals surface area (Å²) >= 11 is 0. The highest BCUT2D eigenvalue weighted by Gasteiger charge is 2.17. The fourth-order valence-corrected chi connectivity index (χ4v) is 4.46. The summed E-state index contributed by atoms with van der Waals surface area (Å²) < 4.78 is 2.17. The maximum Gasteiger partial charge on any atom is 0.178 e. The van der Waals surface area contributed by atoms with Crippen LogP contribution < -0.4 is 0 Å². The van der Waals surface area contributed by atoms with Crippen molar-refractivity contribution < 1.29 is 0 Å². The Balaban J connectivity index is 1.87. The van der Waals surface area contributed by atoms with E-state index in [9.17, 15) is 0 Å². The number of benzene rings is 2. The number of para-hydroxylation sites is 1. The molecule has 0 atom stereocenters. The van der Waals surface area contributed by atoms with Gasteiger partial charge in [0.15, 0.2) is 5.65 Å². The molecule has 2 aromatic carbocycles. The lowest BCUT2D eigenvalue weighted by molar-refractivity contribution is 1.29. The van der Waals surface area contributed by atoms with E-state index < -0.39 is 0 Å². The highest BCUT2D eigenvalue weighted by atomic mass is 15.1. The fraction of sp³-hybridized carbons (Fsp3) is 0. The van der Waals surface area contributed by atoms with Gasteiger partial charge in [-0.15, -0.1) is 0 Å². The number of rotatable bonds is 0. The molecule has 0 fully saturated rings. The first kappa shape index (κ1) is 14.1. The number of hydrogen-bond acceptors (Lipinski definition) is 3. The van der Waals surface area contributed by atoms with Crippen LogP contribution in [0.4, 0.5) is 0 Å². The van der Waals surface area contributed by atoms with Crippen LogP contribution in [0, 0.1) is 0 Å². The molecule has 0 amide bonds. The third-order valence-electron chi connectivity index (χ3n) is 5.62. The van der Waals surface area contributed by atoms with E-state index in [1.165, 1.54) is 10.8 Å². The summed E-state index contributed by atoms with van der Waals surface area (Å²) in [6.07, 6.45) is 3.64. The monoisotopic (exact) mass is 359 g/mol. The Morgan fingerprint density at radius 3 is 2.50 bits per heavy atom. The van der Waals surface area contributed by atoms with Crippen LogP contribution in [-0.4, -0.2) is 24.3 Å². The Labute approximate surface area is 158 Å². The SMILES string of the molecule is c1ccc2c(c1)[nH]c1c2ccc2c1c1ncccc1n1c3cccnc3nc21. The number of nitrogens with one attached hydrogen (secondary N) is 1. The van der Waals surface area contributed by atoms with Crippen LogP contribution in [0.15, 0.2) is 73.1 Å². The van der Waals surface area contributed by atoms with Gasteiger partial charge < -0.3 is 4.98 Å². The summed E-state index contributed by atoms with van der Waals surface area (Å²) in [5.41, 5.74) is 6.88. The van der Waals surface area contributed by atoms with Gasteiger partial charge in [0.25, 0.3) is 0 Å². The van der Waals surface area contributed by atoms with E-state index in [1.54, 1.807) is 6.20 Å². The predicted octanol–water partition coefficient (Wildman–Crippen LogP) is 5.22. The predicted molar refractivity (Wildman–Crippen MR) is 113 cm³/mol. The van der Waals surface area contributed by atoms with Crippen LogP contribution >= 0.6 is 0 Å². The molecule has 5 heterocycles. The van der Waals surface area contributed by atoms with Crippen molar-refractivity contribution in [1.82, 2.24) is 24.3 Å². The molecule has 28 heavy (non-hydrogen) atoms. The first-order valence-electron chi connectivity index (χ1n) is 9.23. The molecule has 5 aromatic heterocycles. The third kappa shape index (κ3) is 1.60. The standard InChI is InChI=1S/C23H13N5/c1-2-6-16-13(5-1)14-9-10-15-19(20(14)26-16)21-17(7-3-11-24-21)28-18-8-4-12-25-22(18)27-23(15)28/h1-12,26H. The molecule has 0 aliphatic rings. The summed E-state index contributed by atoms with van der Waals surface area (Å²) in [4.78, 5) is 17.7. The smallest absolute Gasteiger partial charge is 0.178 e. The molecule has 1 N–H and O–H groups in total. The van der Waals surface area contributed by atoms with E-state index in [2.05, 4.69) is 62.9 Å². The van der Waals surface area contributed by atoms with Gasteiger partial charge in [-0.25, -0.2) is 9.97 Å². The summed E-state index contributed by atoms with van der Waals surface area (Å²) in [5, 5.41) is 4.60. The van der Waals surface area contributed by atoms with Gasteiger partial charge in [-0.2, -0.15) is 0 Å². The van der Waals surface area contributed by atoms with E-state index in [4.69, 9.17) is 9.97 Å². The minimum absolute atomic E-state index is 0.747. The fourth-order valence-electron chi connectivity index (χ4n) is 4.46. The molecule has 0 spiro atoms. The number of aromatic nitrogens is 5. The molecule has 5 nitrogen and oxygen atoms in total. The van der Waals surface area contributed by atoms with Crippen molar-refractivity contribution in [2.75, 3.05) is 0 Å². The second-order valence-corrected chi connectivity index (χ2v) is 7.07. The largest absolute Gasteiger partial charge is 0.354 e. The summed E-state index contributed by atoms with van der Waals surface area (Å²) in [6.45, 7) is 0. The van der Waals surface area contributed by atoms with Gasteiger partial charge in [-0.05, 0) is 36.4 Å². The number of fused-ring (bicyclic) bond motifs is 12. The Bertz CT molecular complexity index is 1720. The lowest BCUT2D eigenvalue weighted by atomic mass is 10.0. The number of nitrogens with zero attached hydrogens (tertiary/aromatic N) is 4. The molecule has 130 valence electrons. The summed E-state index contributed by atoms with van der Waals surface area (Å²) in [6, 6.07) is 20.8. The second-order valence-electron chi connectivity index (χ2n) is 7.07. The Kier molecular flexibility index (Phi) is 2.44. The average Bonchev–Trinajstić information content (AvgIpc) is 3.32. The lowest BCUT2D eigenvalue weighted by Crippen LogP contribution is -1.93. The Morgan fingerprint density at radius 2 is 1.54 bits per heavy atom. The topological polar surface area (TPSA) is 58.9 Å². The highest BCUT2D eigenvalue weighted by Crippen LogP contribution is 2.37. The van der Waals surface area contributed by atoms with Gasteiger partial charge in [-0.1, -0.05) is 24.3 Å². The molecule has 0 aliphatic heterocycles. The number of H-pyrrole nitrogens is 1. The summed E-state index contributed by atoms with van der Waals surface area (Å²) in [5.74, 6) is 0. The molecule has 0 saturated carbocycles. The van der Waals surface area contributed by atoms with Crippen LogP contribution in [0.3, 0.4) is 0 Å². The second kappa shape index (κ2) is 4.84. The minimum atomic E-state index is 0.747. The molecule has 7 rings (SSSR count). The third-order valence-corrected chi connectivity index (χ3v) is 5.62. The molecule has 5 heteroatoms. The molecule has 0 radical (unpaired) electrons. The normalized spacial score (nSPS) is 12.3. The van der Waals surface area contributed by atoms with Gasteiger partial charge in [-0.3, -0.25) is 9.38 Å². The first-order valence-corrected chi connectivity index (χ1v) is 9.23. The van der Waals surface area contributed by atoms with E-state index in [1.807, 2.05) is 18.3 Å². The van der Waals surface area contributed by atoms with E-state index >= 15 is 0 Å². The maximum atomic E-state index is 4.86. The van der Waals surface area contributed by atoms with Crippen LogP contribution in [0.5, 0.6) is 0 Å². The van der Waals surface area contributed by atoms with Crippen molar-refractivity contribution in [2.24, 2.45) is 0 Å². The van der Waals surface area contributed by atoms with Gasteiger partial charge in [0, 0.05) is 39.5 Å². The van der Waals surface area contributed by atoms with Crippen molar-refractivity contribution in [2.45, 2.75) is 0 Å². The number of imidazole rings is 1. The van der Waals surface area contributed by atoms with Crippen LogP contribution in [0.25, 0.3) is 60.4 Å². The first-order chi connectivity index (χ1) is 13.9. The Morgan fingerprint density at radius 1 is 0.714 bits per heavy atom. The van der Waals surface area contributed by atoms with Crippen LogP contribution in [0.2, 0.25) is 0 Å². The van der Waals surface area contributed by atoms with Gasteiger partial charge >= 0.3 is 0 Å². The van der Waals surface area contributed by atoms with E-state index in [0.29, 0.717) is 0 Å². The zero-order valence-corrected chi connectivity index (χ0v) is 14.7. The minimum Gasteiger partial charge on any atom is -0.354 e. The average molecular weight is 359 g/mol. The van der Waals surface area contributed by atoms with Crippen molar-refractivity contribution in [1.29, 1.82) is 0 Å². The zero-order chi connectivity index (χ0) is 18.2. The molecule has 0 unspecified atom stereocenters. The van der Waals surface area contributed by atoms with Gasteiger partial charge in [0.1, 0.15) is 5.65 Å². The molecule has 0 aliphatic carbocycles. The zero-order valence-electron chi connectivity index (χ0n) is 14.7. The summed E-state index contributed by atoms with van der Waals surface area (Å²) in [7, 11) is 0. The number of hydrogen-bond donors (Lipinski definition) is 1. The van der Waals surface area contributed by atoms with Crippen molar-refractivity contribution in [3.05, 3.63) is 73.1 Å². The molecule has 0 bridgehead atoms. The van der Waals surface area contributed by atoms with Crippen LogP contribution in [-0.2, 0) is 0 Å². The van der Waals surface area contributed by atoms with Crippen molar-refractivity contribution in [3.63, 3.8) is 0 Å². The van der Waals surface area contributed by atoms with Crippen molar-refractivity contribution in [3.8, 4) is 0 Å². The maximum absolute atomic E-state index is 4.86. The number of aromatic amines is 1. The van der Waals surface area contributed by atoms with Crippen molar-refractivity contribution >= 4 is 60.4 Å². The molecule has 7 aromatic rings. The number of pyridine rings is 3. The van der Waals surface area contributed by atoms with E-state index in [0.717, 1.165) is 49.7 Å². The highest BCUT2D eigenvalue weighted by molar-refractivity contribution is 6.26. The van der Waals surface area contributed by atoms with E-state index in [-0.39, 0.29) is 0 Å². The molecule has 0 saturated heterocycles. The Hall–Kier alpha value is -3.99. The van der Waals surface area contributed by atoms with Crippen LogP contribution in [0.1, 0.15) is 0 Å². The van der Waals surface area contributed by atoms with Gasteiger partial charge in [0.05, 0.1) is 22.1 Å². The molecular formula is C23H13N5.